The van der Waals surface area contributed by atoms with E-state index >= 15 is 0 Å². The highest BCUT2D eigenvalue weighted by Crippen LogP contribution is 2.26. The van der Waals surface area contributed by atoms with Crippen LogP contribution in [0.15, 0.2) is 65.0 Å². The minimum Gasteiger partial charge on any atom is -0.456 e. The minimum atomic E-state index is -2.41. The number of esters is 1. The van der Waals surface area contributed by atoms with Gasteiger partial charge in [0.2, 0.25) is 0 Å². The second-order valence-corrected chi connectivity index (χ2v) is 8.43. The fourth-order valence-corrected chi connectivity index (χ4v) is 2.92. The molecule has 0 radical (unpaired) electrons. The van der Waals surface area contributed by atoms with Gasteiger partial charge < -0.3 is 4.74 Å². The van der Waals surface area contributed by atoms with Crippen LogP contribution in [0.2, 0.25) is 0 Å². The molecule has 0 atom stereocenters. The SMILES string of the molecule is CS(C)(=O)=Nc1nc(C(=O)OCc2ccccc2)cc2ccccc12. The van der Waals surface area contributed by atoms with E-state index in [0.717, 1.165) is 16.3 Å². The molecular formula is C19H18N2O3S. The monoisotopic (exact) mass is 354 g/mol. The number of nitrogens with zero attached hydrogens (tertiary/aromatic N) is 2. The highest BCUT2D eigenvalue weighted by atomic mass is 32.2. The summed E-state index contributed by atoms with van der Waals surface area (Å²) in [6, 6.07) is 18.5. The third kappa shape index (κ3) is 4.42. The number of carbonyl (C=O) groups is 1. The zero-order chi connectivity index (χ0) is 17.9. The fraction of sp³-hybridized carbons (Fsp3) is 0.158. The molecule has 3 aromatic rings. The molecule has 3 rings (SSSR count). The molecule has 0 saturated heterocycles. The number of hydrogen-bond donors (Lipinski definition) is 0. The van der Waals surface area contributed by atoms with Gasteiger partial charge in [-0.1, -0.05) is 54.6 Å². The van der Waals surface area contributed by atoms with Gasteiger partial charge in [-0.05, 0) is 17.0 Å². The topological polar surface area (TPSA) is 68.6 Å². The number of fused-ring (bicyclic) bond motifs is 1. The lowest BCUT2D eigenvalue weighted by atomic mass is 10.1. The molecular weight excluding hydrogens is 336 g/mol. The quantitative estimate of drug-likeness (QED) is 0.665. The van der Waals surface area contributed by atoms with Crippen LogP contribution in [0.25, 0.3) is 10.8 Å². The summed E-state index contributed by atoms with van der Waals surface area (Å²) in [6.45, 7) is 0.166. The van der Waals surface area contributed by atoms with Gasteiger partial charge in [-0.15, -0.1) is 0 Å². The molecule has 2 aromatic carbocycles. The Morgan fingerprint density at radius 2 is 1.76 bits per heavy atom. The van der Waals surface area contributed by atoms with E-state index in [-0.39, 0.29) is 12.3 Å². The van der Waals surface area contributed by atoms with Crippen molar-refractivity contribution in [3.8, 4) is 0 Å². The Morgan fingerprint density at radius 3 is 2.48 bits per heavy atom. The van der Waals surface area contributed by atoms with Crippen LogP contribution in [0.4, 0.5) is 5.82 Å². The van der Waals surface area contributed by atoms with E-state index in [1.807, 2.05) is 54.6 Å². The molecule has 0 saturated carbocycles. The van der Waals surface area contributed by atoms with Crippen molar-refractivity contribution in [2.24, 2.45) is 4.36 Å². The molecule has 0 aliphatic rings. The predicted molar refractivity (Wildman–Crippen MR) is 99.4 cm³/mol. The minimum absolute atomic E-state index is 0.150. The van der Waals surface area contributed by atoms with Crippen molar-refractivity contribution in [1.82, 2.24) is 4.98 Å². The largest absolute Gasteiger partial charge is 0.456 e. The first kappa shape index (κ1) is 17.1. The maximum Gasteiger partial charge on any atom is 0.357 e. The van der Waals surface area contributed by atoms with Gasteiger partial charge in [0.25, 0.3) is 0 Å². The van der Waals surface area contributed by atoms with Crippen molar-refractivity contribution >= 4 is 32.3 Å². The van der Waals surface area contributed by atoms with Crippen LogP contribution in [0, 0.1) is 0 Å². The second-order valence-electron chi connectivity index (χ2n) is 5.89. The Hall–Kier alpha value is -2.73. The summed E-state index contributed by atoms with van der Waals surface area (Å²) in [5, 5.41) is 1.55. The van der Waals surface area contributed by atoms with E-state index < -0.39 is 15.7 Å². The molecule has 1 aromatic heterocycles. The van der Waals surface area contributed by atoms with Crippen LogP contribution in [0.5, 0.6) is 0 Å². The molecule has 0 aliphatic carbocycles. The Labute approximate surface area is 146 Å². The van der Waals surface area contributed by atoms with Crippen LogP contribution < -0.4 is 0 Å². The van der Waals surface area contributed by atoms with Crippen LogP contribution in [0.1, 0.15) is 16.1 Å². The molecule has 1 heterocycles. The molecule has 0 unspecified atom stereocenters. The van der Waals surface area contributed by atoms with Crippen LogP contribution in [-0.4, -0.2) is 27.7 Å². The predicted octanol–water partition coefficient (Wildman–Crippen LogP) is 3.95. The molecule has 0 N–H and O–H groups in total. The van der Waals surface area contributed by atoms with E-state index in [9.17, 15) is 9.00 Å². The average molecular weight is 354 g/mol. The molecule has 0 bridgehead atoms. The van der Waals surface area contributed by atoms with E-state index in [4.69, 9.17) is 4.74 Å². The Balaban J connectivity index is 1.96. The molecule has 0 aliphatic heterocycles. The van der Waals surface area contributed by atoms with Crippen molar-refractivity contribution in [3.05, 3.63) is 71.9 Å². The number of hydrogen-bond acceptors (Lipinski definition) is 5. The van der Waals surface area contributed by atoms with Gasteiger partial charge in [0.15, 0.2) is 11.5 Å². The van der Waals surface area contributed by atoms with Crippen LogP contribution in [-0.2, 0) is 21.1 Å². The third-order valence-electron chi connectivity index (χ3n) is 3.45. The first-order valence-electron chi connectivity index (χ1n) is 7.70. The highest BCUT2D eigenvalue weighted by molar-refractivity contribution is 7.92. The molecule has 128 valence electrons. The van der Waals surface area contributed by atoms with E-state index in [1.54, 1.807) is 6.07 Å². The summed E-state index contributed by atoms with van der Waals surface area (Å²) < 4.78 is 21.6. The smallest absolute Gasteiger partial charge is 0.357 e. The Kier molecular flexibility index (Phi) is 4.81. The van der Waals surface area contributed by atoms with Gasteiger partial charge in [-0.2, -0.15) is 4.36 Å². The van der Waals surface area contributed by atoms with Crippen molar-refractivity contribution < 1.29 is 13.7 Å². The lowest BCUT2D eigenvalue weighted by Gasteiger charge is -2.08. The zero-order valence-corrected chi connectivity index (χ0v) is 14.8. The molecule has 6 heteroatoms. The van der Waals surface area contributed by atoms with Crippen molar-refractivity contribution in [2.75, 3.05) is 12.5 Å². The van der Waals surface area contributed by atoms with Crippen LogP contribution >= 0.6 is 0 Å². The summed E-state index contributed by atoms with van der Waals surface area (Å²) in [5.41, 5.74) is 1.05. The number of pyridine rings is 1. The van der Waals surface area contributed by atoms with Gasteiger partial charge in [0, 0.05) is 27.6 Å². The van der Waals surface area contributed by atoms with Gasteiger partial charge in [-0.25, -0.2) is 14.0 Å². The standard InChI is InChI=1S/C19H18N2O3S/c1-25(2,23)21-18-16-11-7-6-10-15(16)12-17(20-18)19(22)24-13-14-8-4-3-5-9-14/h3-12H,13H2,1-2H3. The van der Waals surface area contributed by atoms with E-state index in [0.29, 0.717) is 5.82 Å². The summed E-state index contributed by atoms with van der Waals surface area (Å²) in [7, 11) is -2.41. The molecule has 25 heavy (non-hydrogen) atoms. The number of aromatic nitrogens is 1. The second kappa shape index (κ2) is 7.03. The Bertz CT molecular complexity index is 1030. The number of ether oxygens (including phenoxy) is 1. The molecule has 0 amide bonds. The molecule has 0 spiro atoms. The Morgan fingerprint density at radius 1 is 1.08 bits per heavy atom. The first-order chi connectivity index (χ1) is 11.9. The van der Waals surface area contributed by atoms with Gasteiger partial charge in [0.1, 0.15) is 6.61 Å². The van der Waals surface area contributed by atoms with E-state index in [1.165, 1.54) is 12.5 Å². The lowest BCUT2D eigenvalue weighted by molar-refractivity contribution is 0.0466. The van der Waals surface area contributed by atoms with Gasteiger partial charge in [0.05, 0.1) is 0 Å². The first-order valence-corrected chi connectivity index (χ1v) is 10.0. The third-order valence-corrected chi connectivity index (χ3v) is 4.06. The fourth-order valence-electron chi connectivity index (χ4n) is 2.36. The van der Waals surface area contributed by atoms with Crippen molar-refractivity contribution in [1.29, 1.82) is 0 Å². The average Bonchev–Trinajstić information content (AvgIpc) is 2.59. The highest BCUT2D eigenvalue weighted by Gasteiger charge is 2.14. The van der Waals surface area contributed by atoms with Gasteiger partial charge >= 0.3 is 5.97 Å². The summed E-state index contributed by atoms with van der Waals surface area (Å²) in [6.07, 6.45) is 3.06. The number of carbonyl (C=O) groups excluding carboxylic acids is 1. The summed E-state index contributed by atoms with van der Waals surface area (Å²) in [4.78, 5) is 16.7. The summed E-state index contributed by atoms with van der Waals surface area (Å²) >= 11 is 0. The van der Waals surface area contributed by atoms with Crippen molar-refractivity contribution in [3.63, 3.8) is 0 Å². The maximum absolute atomic E-state index is 12.4. The molecule has 0 fully saturated rings. The molecule has 5 nitrogen and oxygen atoms in total. The normalized spacial score (nSPS) is 11.3. The van der Waals surface area contributed by atoms with Crippen molar-refractivity contribution in [2.45, 2.75) is 6.61 Å². The zero-order valence-electron chi connectivity index (χ0n) is 14.0. The van der Waals surface area contributed by atoms with Gasteiger partial charge in [-0.3, -0.25) is 0 Å². The maximum atomic E-state index is 12.4. The van der Waals surface area contributed by atoms with Crippen LogP contribution in [0.3, 0.4) is 0 Å². The summed E-state index contributed by atoms with van der Waals surface area (Å²) in [5.74, 6) is -0.246. The number of benzene rings is 2. The van der Waals surface area contributed by atoms with E-state index in [2.05, 4.69) is 9.35 Å². The number of rotatable bonds is 4. The lowest BCUT2D eigenvalue weighted by Crippen LogP contribution is -2.08.